The molecule has 0 unspecified atom stereocenters. The molecular weight excluding hydrogens is 1910 g/mol. The molecule has 148 heavy (non-hydrogen) atoms. The van der Waals surface area contributed by atoms with Gasteiger partial charge in [0, 0.05) is 19.4 Å². The number of carbonyl (C=O) groups excluding carboxylic acids is 18. The summed E-state index contributed by atoms with van der Waals surface area (Å²) in [4.78, 5) is 270. The molecule has 0 aromatic heterocycles. The van der Waals surface area contributed by atoms with Crippen molar-refractivity contribution in [2.75, 3.05) is 72.0 Å². The number of unbranched alkanes of at least 4 members (excludes halogenated alkanes) is 8. The molecule has 19 atom stereocenters. The lowest BCUT2D eigenvalue weighted by molar-refractivity contribution is -0.143. The monoisotopic (exact) mass is 2090 g/mol. The van der Waals surface area contributed by atoms with Crippen LogP contribution < -0.4 is 142 Å². The number of benzene rings is 2. The molecule has 36 N–H and O–H groups in total. The van der Waals surface area contributed by atoms with Gasteiger partial charge in [0.25, 0.3) is 0 Å². The van der Waals surface area contributed by atoms with Crippen molar-refractivity contribution in [3.05, 3.63) is 71.8 Å². The Morgan fingerprint density at radius 3 is 0.912 bits per heavy atom. The van der Waals surface area contributed by atoms with Crippen molar-refractivity contribution < 1.29 is 96.2 Å². The number of carboxylic acids is 1. The van der Waals surface area contributed by atoms with Crippen LogP contribution in [0.1, 0.15) is 253 Å². The Morgan fingerprint density at radius 2 is 0.581 bits per heavy atom. The number of amides is 18. The van der Waals surface area contributed by atoms with Crippen LogP contribution in [0.3, 0.4) is 0 Å². The van der Waals surface area contributed by atoms with Gasteiger partial charge in [-0.3, -0.25) is 86.3 Å². The first-order valence-electron chi connectivity index (χ1n) is 52.7. The van der Waals surface area contributed by atoms with Gasteiger partial charge >= 0.3 is 5.97 Å². The number of nitrogens with two attached hydrogens (primary N) is 9. The van der Waals surface area contributed by atoms with Gasteiger partial charge in [0.1, 0.15) is 96.7 Å². The molecule has 0 bridgehead atoms. The molecule has 0 radical (unpaired) electrons. The van der Waals surface area contributed by atoms with Crippen LogP contribution in [0.5, 0.6) is 0 Å². The third kappa shape index (κ3) is 49.0. The lowest BCUT2D eigenvalue weighted by Crippen LogP contribution is -2.61. The zero-order chi connectivity index (χ0) is 110. The Hall–Kier alpha value is -12.0. The molecule has 0 saturated carbocycles. The molecule has 3 rings (SSSR count). The van der Waals surface area contributed by atoms with Crippen molar-refractivity contribution in [1.29, 1.82) is 0 Å². The van der Waals surface area contributed by atoms with Gasteiger partial charge in [-0.25, -0.2) is 4.79 Å². The summed E-state index contributed by atoms with van der Waals surface area (Å²) < 4.78 is 0. The van der Waals surface area contributed by atoms with Crippen molar-refractivity contribution in [3.8, 4) is 0 Å². The van der Waals surface area contributed by atoms with E-state index >= 15 is 9.59 Å². The highest BCUT2D eigenvalue weighted by Gasteiger charge is 2.43. The maximum atomic E-state index is 15.4. The normalized spacial score (nSPS) is 15.9. The lowest BCUT2D eigenvalue weighted by atomic mass is 9.96. The maximum Gasteiger partial charge on any atom is 0.326 e. The van der Waals surface area contributed by atoms with E-state index in [1.165, 1.54) is 25.7 Å². The van der Waals surface area contributed by atoms with Gasteiger partial charge in [-0.05, 0) is 269 Å². The van der Waals surface area contributed by atoms with E-state index in [9.17, 15) is 86.6 Å². The lowest BCUT2D eigenvalue weighted by Gasteiger charge is -2.32. The first-order valence-corrected chi connectivity index (χ1v) is 52.7. The van der Waals surface area contributed by atoms with E-state index in [-0.39, 0.29) is 122 Å². The Bertz CT molecular complexity index is 4450. The highest BCUT2D eigenvalue weighted by atomic mass is 16.4. The highest BCUT2D eigenvalue weighted by Crippen LogP contribution is 2.24. The van der Waals surface area contributed by atoms with Gasteiger partial charge in [0.15, 0.2) is 0 Å². The molecule has 0 aliphatic carbocycles. The number of carbonyl (C=O) groups is 19. The minimum Gasteiger partial charge on any atom is -0.480 e. The second kappa shape index (κ2) is 73.2. The first-order chi connectivity index (χ1) is 70.6. The maximum absolute atomic E-state index is 15.4. The fourth-order valence-electron chi connectivity index (χ4n) is 16.3. The number of likely N-dealkylation sites (tertiary alicyclic amines) is 1. The van der Waals surface area contributed by atoms with E-state index in [0.29, 0.717) is 146 Å². The molecule has 1 aliphatic heterocycles. The zero-order valence-electron chi connectivity index (χ0n) is 88.2. The average molecular weight is 2090 g/mol. The van der Waals surface area contributed by atoms with Crippen LogP contribution in [0.25, 0.3) is 0 Å². The standard InChI is InChI=1S/C101H175N27O20/c1-10-62(5)83(126-94(140)71(41-20-28-50-104)116-80(129)59-111-88(134)69(39-18-26-48-102)118-85(131)64(7)113-90(136)72(42-21-29-51-105)120-87(133)66(9)115-95(141)77(57-67-35-14-12-15-36-67)124-92(138)74(44-23-31-53-107)121-97(143)82(110)61(3)4)98(144)123-75(45-24-32-54-108)93(139)125-78(58-68-37-16-13-17-38-68)100(146)128-56-34-47-79(128)96(142)127-84(63(6)11-2)99(145)122-73(43-22-30-52-106)91(137)114-65(8)86(132)119-70(40-19-27-49-103)89(135)112-60-81(130)117-76(101(147)148)46-25-33-55-109/h12-17,35-38,61-66,69-79,82-84H,10-11,18-34,39-60,102-110H2,1-9H3,(H,111,134)(H,112,135)(H,113,136)(H,114,137)(H,115,141)(H,116,129)(H,117,130)(H,118,131)(H,119,132)(H,120,133)(H,121,143)(H,122,145)(H,123,144)(H,124,138)(H,125,139)(H,126,140)(H,127,142)(H,147,148)/t62-,63-,64-,65-,66-,69-,70-,71-,72-,73-,74-,75-,76-,77-,78-,79-,82-,83-,84-/m0/s1. The Morgan fingerprint density at radius 1 is 0.311 bits per heavy atom. The number of nitrogens with zero attached hydrogens (tertiary/aromatic N) is 1. The van der Waals surface area contributed by atoms with Gasteiger partial charge < -0.3 is 152 Å². The SMILES string of the molecule is CC[C@H](C)[C@H](NC(=O)[C@H](CCCCN)NC(=O)CNC(=O)[C@H](CCCCN)NC(=O)[C@H](C)NC(=O)[C@H](CCCCN)NC(=O)[C@H](C)NC(=O)[C@H](Cc1ccccc1)NC(=O)[C@H](CCCCN)NC(=O)[C@@H](N)C(C)C)C(=O)N[C@@H](CCCCN)C(=O)N[C@@H](Cc1ccccc1)C(=O)N1CCC[C@H]1C(=O)N[C@H](C(=O)N[C@@H](CCCCN)C(=O)N[C@@H](C)C(=O)N[C@@H](CCCCN)C(=O)NCC(=O)N[C@@H](CCCCN)C(=O)O)[C@@H](C)CC. The van der Waals surface area contributed by atoms with Gasteiger partial charge in [-0.1, -0.05) is 115 Å². The number of carboxylic acid groups (broad SMARTS) is 1. The van der Waals surface area contributed by atoms with Gasteiger partial charge in [0.2, 0.25) is 106 Å². The molecule has 1 heterocycles. The molecule has 18 amide bonds. The third-order valence-corrected chi connectivity index (χ3v) is 26.0. The van der Waals surface area contributed by atoms with E-state index in [1.54, 1.807) is 102 Å². The fraction of sp³-hybridized carbons (Fsp3) is 0.693. The third-order valence-electron chi connectivity index (χ3n) is 26.0. The van der Waals surface area contributed by atoms with Gasteiger partial charge in [0.05, 0.1) is 19.1 Å². The Kier molecular flexibility index (Phi) is 64.4. The summed E-state index contributed by atoms with van der Waals surface area (Å²) in [6.45, 7) is 15.2. The smallest absolute Gasteiger partial charge is 0.326 e. The Labute approximate surface area is 870 Å². The molecule has 2 aromatic rings. The van der Waals surface area contributed by atoms with Crippen LogP contribution in [0, 0.1) is 17.8 Å². The summed E-state index contributed by atoms with van der Waals surface area (Å²) in [5.74, 6) is -16.7. The van der Waals surface area contributed by atoms with Crippen molar-refractivity contribution in [2.24, 2.45) is 69.4 Å². The van der Waals surface area contributed by atoms with Crippen LogP contribution in [0.15, 0.2) is 60.7 Å². The summed E-state index contributed by atoms with van der Waals surface area (Å²) in [6, 6.07) is -4.20. The molecular formula is C101H175N27O20. The van der Waals surface area contributed by atoms with E-state index in [4.69, 9.17) is 51.6 Å². The summed E-state index contributed by atoms with van der Waals surface area (Å²) in [7, 11) is 0. The van der Waals surface area contributed by atoms with Gasteiger partial charge in [-0.2, -0.15) is 0 Å². The predicted octanol–water partition coefficient (Wildman–Crippen LogP) is -3.78. The molecule has 0 spiro atoms. The molecule has 47 heteroatoms. The number of hydrogen-bond acceptors (Lipinski definition) is 28. The predicted molar refractivity (Wildman–Crippen MR) is 560 cm³/mol. The molecule has 1 saturated heterocycles. The van der Waals surface area contributed by atoms with Crippen molar-refractivity contribution in [1.82, 2.24) is 95.3 Å². The number of nitrogens with one attached hydrogen (secondary N) is 17. The quantitative estimate of drug-likeness (QED) is 0.0283. The first kappa shape index (κ1) is 130. The summed E-state index contributed by atoms with van der Waals surface area (Å²) in [6.07, 6.45) is 7.76. The second-order valence-corrected chi connectivity index (χ2v) is 38.6. The van der Waals surface area contributed by atoms with Gasteiger partial charge in [-0.15, -0.1) is 0 Å². The molecule has 2 aromatic carbocycles. The number of rotatable bonds is 77. The summed E-state index contributed by atoms with van der Waals surface area (Å²) in [5.41, 5.74) is 53.8. The van der Waals surface area contributed by atoms with Crippen LogP contribution in [0.2, 0.25) is 0 Å². The second-order valence-electron chi connectivity index (χ2n) is 38.6. The van der Waals surface area contributed by atoms with Crippen molar-refractivity contribution >= 4 is 112 Å². The Balaban J connectivity index is 1.87. The minimum absolute atomic E-state index is 0.00335. The molecule has 47 nitrogen and oxygen atoms in total. The highest BCUT2D eigenvalue weighted by molar-refractivity contribution is 6.02. The molecule has 834 valence electrons. The largest absolute Gasteiger partial charge is 0.480 e. The van der Waals surface area contributed by atoms with Crippen LogP contribution >= 0.6 is 0 Å². The van der Waals surface area contributed by atoms with Crippen molar-refractivity contribution in [2.45, 2.75) is 358 Å². The summed E-state index contributed by atoms with van der Waals surface area (Å²) in [5, 5.41) is 55.1. The topological polar surface area (TPSA) is 786 Å². The number of aliphatic carboxylic acids is 1. The van der Waals surface area contributed by atoms with Crippen LogP contribution in [0.4, 0.5) is 0 Å². The molecule has 1 fully saturated rings. The fourth-order valence-corrected chi connectivity index (χ4v) is 16.3. The van der Waals surface area contributed by atoms with Crippen LogP contribution in [-0.2, 0) is 104 Å². The van der Waals surface area contributed by atoms with E-state index in [2.05, 4.69) is 90.4 Å². The van der Waals surface area contributed by atoms with E-state index in [1.807, 2.05) is 0 Å². The van der Waals surface area contributed by atoms with E-state index in [0.717, 1.165) is 0 Å². The zero-order valence-corrected chi connectivity index (χ0v) is 88.2. The summed E-state index contributed by atoms with van der Waals surface area (Å²) >= 11 is 0. The van der Waals surface area contributed by atoms with Crippen LogP contribution in [-0.4, -0.2) is 297 Å². The van der Waals surface area contributed by atoms with E-state index < -0.39 is 240 Å². The minimum atomic E-state index is -1.38. The molecule has 1 aliphatic rings. The average Bonchev–Trinajstić information content (AvgIpc) is 1.64. The number of hydrogen-bond donors (Lipinski definition) is 27. The van der Waals surface area contributed by atoms with Crippen molar-refractivity contribution in [3.63, 3.8) is 0 Å².